The standard InChI is InChI=1S/C34H39Cl2N3O4/c1-19-8-7-11-26(21(19)3)38-32(41)30-34-15-14-27(43-34)28(31(40)37-25-17-23(35)16-24(36)18-25)29(34)33(42)39(30)20(2)12-13-22-9-5-4-6-10-22/h4-6,9-10,14-21,26-30H,7-8,11-13H2,1-3H3,(H,37,40)(H,38,41)/t19-,20-,21+,26+,27+,28-,29+,30+,34+/m1/s1. The minimum absolute atomic E-state index is 0.0255. The van der Waals surface area contributed by atoms with Gasteiger partial charge in [0.25, 0.3) is 0 Å². The van der Waals surface area contributed by atoms with E-state index in [0.717, 1.165) is 25.7 Å². The van der Waals surface area contributed by atoms with Crippen LogP contribution in [0.15, 0.2) is 60.7 Å². The first-order chi connectivity index (χ1) is 20.6. The van der Waals surface area contributed by atoms with Crippen LogP contribution in [0.3, 0.4) is 0 Å². The third kappa shape index (κ3) is 5.49. The first kappa shape index (κ1) is 30.2. The molecule has 9 atom stereocenters. The van der Waals surface area contributed by atoms with Gasteiger partial charge in [-0.2, -0.15) is 0 Å². The fourth-order valence-corrected chi connectivity index (χ4v) is 8.27. The molecule has 0 unspecified atom stereocenters. The highest BCUT2D eigenvalue weighted by Gasteiger charge is 2.73. The van der Waals surface area contributed by atoms with Gasteiger partial charge in [0.1, 0.15) is 11.6 Å². The molecule has 1 aliphatic carbocycles. The highest BCUT2D eigenvalue weighted by molar-refractivity contribution is 6.35. The molecule has 2 aromatic rings. The molecule has 2 N–H and O–H groups in total. The van der Waals surface area contributed by atoms with E-state index in [1.807, 2.05) is 37.3 Å². The van der Waals surface area contributed by atoms with Crippen molar-refractivity contribution >= 4 is 46.6 Å². The molecular weight excluding hydrogens is 585 g/mol. The van der Waals surface area contributed by atoms with Crippen LogP contribution in [-0.4, -0.2) is 52.5 Å². The van der Waals surface area contributed by atoms with Crippen LogP contribution in [0.1, 0.15) is 52.0 Å². The SMILES string of the molecule is C[C@H]1[C@H](C)CCC[C@@H]1NC(=O)[C@@H]1N([C@H](C)CCc2ccccc2)C(=O)[C@@H]2[C@H](C(=O)Nc3cc(Cl)cc(Cl)c3)[C@@H]3C=C[C@]21O3. The number of hydrogen-bond acceptors (Lipinski definition) is 4. The molecule has 3 aliphatic heterocycles. The Bertz CT molecular complexity index is 1410. The van der Waals surface area contributed by atoms with Gasteiger partial charge in [-0.25, -0.2) is 0 Å². The average Bonchev–Trinajstić information content (AvgIpc) is 3.61. The molecule has 1 spiro atoms. The first-order valence-corrected chi connectivity index (χ1v) is 16.1. The number of likely N-dealkylation sites (tertiary alicyclic amines) is 1. The van der Waals surface area contributed by atoms with Crippen molar-refractivity contribution in [1.29, 1.82) is 0 Å². The van der Waals surface area contributed by atoms with Gasteiger partial charge in [0.15, 0.2) is 0 Å². The third-order valence-corrected chi connectivity index (χ3v) is 10.6. The number of carbonyl (C=O) groups excluding carboxylic acids is 3. The summed E-state index contributed by atoms with van der Waals surface area (Å²) in [5.41, 5.74) is 0.390. The van der Waals surface area contributed by atoms with Crippen LogP contribution >= 0.6 is 23.2 Å². The Kier molecular flexibility index (Phi) is 8.35. The number of anilines is 1. The topological polar surface area (TPSA) is 87.7 Å². The zero-order chi connectivity index (χ0) is 30.5. The van der Waals surface area contributed by atoms with Crippen molar-refractivity contribution in [3.05, 3.63) is 76.3 Å². The monoisotopic (exact) mass is 623 g/mol. The summed E-state index contributed by atoms with van der Waals surface area (Å²) in [5, 5.41) is 7.01. The van der Waals surface area contributed by atoms with E-state index in [-0.39, 0.29) is 29.8 Å². The largest absolute Gasteiger partial charge is 0.359 e. The Hall–Kier alpha value is -2.87. The predicted octanol–water partition coefficient (Wildman–Crippen LogP) is 6.04. The van der Waals surface area contributed by atoms with Crippen molar-refractivity contribution < 1.29 is 19.1 Å². The van der Waals surface area contributed by atoms with E-state index >= 15 is 0 Å². The number of aryl methyl sites for hydroxylation is 1. The molecule has 2 bridgehead atoms. The zero-order valence-electron chi connectivity index (χ0n) is 24.8. The van der Waals surface area contributed by atoms with Gasteiger partial charge in [0.2, 0.25) is 17.7 Å². The number of amides is 3. The lowest BCUT2D eigenvalue weighted by Gasteiger charge is -2.39. The number of nitrogens with one attached hydrogen (secondary N) is 2. The molecule has 0 aromatic heterocycles. The molecular formula is C34H39Cl2N3O4. The van der Waals surface area contributed by atoms with E-state index in [2.05, 4.69) is 36.6 Å². The molecule has 1 saturated carbocycles. The highest BCUT2D eigenvalue weighted by Crippen LogP contribution is 2.56. The summed E-state index contributed by atoms with van der Waals surface area (Å²) in [6.07, 6.45) is 7.62. The Morgan fingerprint density at radius 2 is 1.79 bits per heavy atom. The summed E-state index contributed by atoms with van der Waals surface area (Å²) in [7, 11) is 0. The van der Waals surface area contributed by atoms with E-state index in [1.54, 1.807) is 23.1 Å². The average molecular weight is 625 g/mol. The molecule has 9 heteroatoms. The third-order valence-electron chi connectivity index (χ3n) is 10.2. The van der Waals surface area contributed by atoms with Gasteiger partial charge in [0.05, 0.1) is 17.9 Å². The van der Waals surface area contributed by atoms with Gasteiger partial charge < -0.3 is 20.3 Å². The summed E-state index contributed by atoms with van der Waals surface area (Å²) < 4.78 is 6.54. The van der Waals surface area contributed by atoms with Crippen LogP contribution in [0.2, 0.25) is 10.0 Å². The van der Waals surface area contributed by atoms with Crippen LogP contribution < -0.4 is 10.6 Å². The summed E-state index contributed by atoms with van der Waals surface area (Å²) in [6.45, 7) is 6.41. The Morgan fingerprint density at radius 1 is 1.07 bits per heavy atom. The lowest BCUT2D eigenvalue weighted by molar-refractivity contribution is -0.144. The summed E-state index contributed by atoms with van der Waals surface area (Å²) in [6, 6.07) is 13.8. The van der Waals surface area contributed by atoms with E-state index in [9.17, 15) is 14.4 Å². The molecule has 4 aliphatic rings. The summed E-state index contributed by atoms with van der Waals surface area (Å²) in [4.78, 5) is 44.3. The maximum atomic E-state index is 14.4. The van der Waals surface area contributed by atoms with Gasteiger partial charge in [-0.1, -0.05) is 92.4 Å². The number of benzene rings is 2. The highest BCUT2D eigenvalue weighted by atomic mass is 35.5. The second-order valence-electron chi connectivity index (χ2n) is 12.8. The molecule has 3 fully saturated rings. The van der Waals surface area contributed by atoms with Crippen molar-refractivity contribution in [2.45, 2.75) is 82.7 Å². The number of halogens is 2. The van der Waals surface area contributed by atoms with Crippen LogP contribution in [0, 0.1) is 23.7 Å². The van der Waals surface area contributed by atoms with Crippen molar-refractivity contribution in [3.63, 3.8) is 0 Å². The number of hydrogen-bond donors (Lipinski definition) is 2. The van der Waals surface area contributed by atoms with Crippen molar-refractivity contribution in [2.24, 2.45) is 23.7 Å². The van der Waals surface area contributed by atoms with Crippen LogP contribution in [0.25, 0.3) is 0 Å². The Labute approximate surface area is 263 Å². The molecule has 43 heavy (non-hydrogen) atoms. The van der Waals surface area contributed by atoms with Crippen molar-refractivity contribution in [1.82, 2.24) is 10.2 Å². The van der Waals surface area contributed by atoms with Crippen molar-refractivity contribution in [2.75, 3.05) is 5.32 Å². The fourth-order valence-electron chi connectivity index (χ4n) is 7.74. The van der Waals surface area contributed by atoms with Crippen LogP contribution in [0.4, 0.5) is 5.69 Å². The molecule has 7 nitrogen and oxygen atoms in total. The quantitative estimate of drug-likeness (QED) is 0.351. The maximum absolute atomic E-state index is 14.4. The predicted molar refractivity (Wildman–Crippen MR) is 168 cm³/mol. The van der Waals surface area contributed by atoms with Crippen molar-refractivity contribution in [3.8, 4) is 0 Å². The van der Waals surface area contributed by atoms with Gasteiger partial charge >= 0.3 is 0 Å². The number of carbonyl (C=O) groups is 3. The van der Waals surface area contributed by atoms with E-state index in [4.69, 9.17) is 27.9 Å². The minimum Gasteiger partial charge on any atom is -0.359 e. The molecule has 3 heterocycles. The van der Waals surface area contributed by atoms with Gasteiger partial charge in [-0.15, -0.1) is 0 Å². The smallest absolute Gasteiger partial charge is 0.246 e. The van der Waals surface area contributed by atoms with Gasteiger partial charge in [-0.3, -0.25) is 14.4 Å². The maximum Gasteiger partial charge on any atom is 0.246 e. The molecule has 3 amide bonds. The van der Waals surface area contributed by atoms with E-state index < -0.39 is 29.6 Å². The molecule has 6 rings (SSSR count). The zero-order valence-corrected chi connectivity index (χ0v) is 26.3. The molecule has 2 aromatic carbocycles. The van der Waals surface area contributed by atoms with Gasteiger partial charge in [-0.05, 0) is 61.8 Å². The number of fused-ring (bicyclic) bond motifs is 1. The molecule has 2 saturated heterocycles. The Balaban J connectivity index is 1.30. The summed E-state index contributed by atoms with van der Waals surface area (Å²) >= 11 is 12.3. The normalized spacial score (nSPS) is 33.4. The lowest BCUT2D eigenvalue weighted by Crippen LogP contribution is -2.59. The van der Waals surface area contributed by atoms with E-state index in [0.29, 0.717) is 34.0 Å². The fraction of sp³-hybridized carbons (Fsp3) is 0.500. The Morgan fingerprint density at radius 3 is 2.51 bits per heavy atom. The number of nitrogens with zero attached hydrogens (tertiary/aromatic N) is 1. The van der Waals surface area contributed by atoms with Gasteiger partial charge in [0, 0.05) is 27.8 Å². The second-order valence-corrected chi connectivity index (χ2v) is 13.7. The van der Waals surface area contributed by atoms with Crippen LogP contribution in [-0.2, 0) is 25.5 Å². The number of ether oxygens (including phenoxy) is 1. The lowest BCUT2D eigenvalue weighted by atomic mass is 9.73. The summed E-state index contributed by atoms with van der Waals surface area (Å²) in [5.74, 6) is -1.58. The minimum atomic E-state index is -1.22. The van der Waals surface area contributed by atoms with Crippen LogP contribution in [0.5, 0.6) is 0 Å². The molecule has 0 radical (unpaired) electrons. The molecule has 228 valence electrons. The number of rotatable bonds is 8. The second kappa shape index (κ2) is 11.9. The first-order valence-electron chi connectivity index (χ1n) is 15.4. The van der Waals surface area contributed by atoms with E-state index in [1.165, 1.54) is 5.56 Å².